The highest BCUT2D eigenvalue weighted by atomic mass is 79.9. The molecule has 1 aliphatic rings. The molecule has 4 heteroatoms. The van der Waals surface area contributed by atoms with Gasteiger partial charge in [0.2, 0.25) is 0 Å². The van der Waals surface area contributed by atoms with Crippen LogP contribution in [-0.2, 0) is 4.74 Å². The lowest BCUT2D eigenvalue weighted by Crippen LogP contribution is -2.55. The molecule has 100 valence electrons. The van der Waals surface area contributed by atoms with Crippen LogP contribution in [0.5, 0.6) is 0 Å². The van der Waals surface area contributed by atoms with Gasteiger partial charge < -0.3 is 15.2 Å². The van der Waals surface area contributed by atoms with E-state index in [-0.39, 0.29) is 18.2 Å². The van der Waals surface area contributed by atoms with Crippen LogP contribution in [-0.4, -0.2) is 30.5 Å². The highest BCUT2D eigenvalue weighted by molar-refractivity contribution is 9.10. The second kappa shape index (κ2) is 6.04. The standard InChI is InChI=1S/C14H20BrNO2/c1-18-13-4-2-3-9-14(13,10-17)16-12-7-5-11(15)6-8-12/h5-8,13,16-17H,2-4,9-10H2,1H3. The molecule has 0 amide bonds. The van der Waals surface area contributed by atoms with E-state index in [0.717, 1.165) is 29.4 Å². The van der Waals surface area contributed by atoms with E-state index in [4.69, 9.17) is 4.74 Å². The minimum atomic E-state index is -0.346. The van der Waals surface area contributed by atoms with Crippen molar-refractivity contribution in [3.8, 4) is 0 Å². The Morgan fingerprint density at radius 2 is 2.11 bits per heavy atom. The van der Waals surface area contributed by atoms with Gasteiger partial charge >= 0.3 is 0 Å². The van der Waals surface area contributed by atoms with Crippen molar-refractivity contribution in [1.29, 1.82) is 0 Å². The van der Waals surface area contributed by atoms with Gasteiger partial charge in [-0.2, -0.15) is 0 Å². The van der Waals surface area contributed by atoms with Gasteiger partial charge in [-0.1, -0.05) is 28.8 Å². The van der Waals surface area contributed by atoms with Gasteiger partial charge in [0.25, 0.3) is 0 Å². The van der Waals surface area contributed by atoms with E-state index in [1.807, 2.05) is 24.3 Å². The second-order valence-corrected chi connectivity index (χ2v) is 5.83. The molecule has 2 N–H and O–H groups in total. The number of halogens is 1. The van der Waals surface area contributed by atoms with Gasteiger partial charge in [-0.05, 0) is 37.1 Å². The Balaban J connectivity index is 2.18. The smallest absolute Gasteiger partial charge is 0.0865 e. The van der Waals surface area contributed by atoms with Gasteiger partial charge in [0.15, 0.2) is 0 Å². The van der Waals surface area contributed by atoms with Crippen molar-refractivity contribution in [3.05, 3.63) is 28.7 Å². The summed E-state index contributed by atoms with van der Waals surface area (Å²) in [5.74, 6) is 0. The van der Waals surface area contributed by atoms with Crippen molar-refractivity contribution in [2.45, 2.75) is 37.3 Å². The zero-order chi connectivity index (χ0) is 13.0. The molecule has 0 saturated heterocycles. The quantitative estimate of drug-likeness (QED) is 0.897. The maximum atomic E-state index is 9.81. The molecule has 3 nitrogen and oxygen atoms in total. The van der Waals surface area contributed by atoms with Crippen LogP contribution in [0.1, 0.15) is 25.7 Å². The fourth-order valence-electron chi connectivity index (χ4n) is 2.73. The molecule has 1 aromatic carbocycles. The summed E-state index contributed by atoms with van der Waals surface area (Å²) in [6.45, 7) is 0.0988. The van der Waals surface area contributed by atoms with Crippen LogP contribution in [0.4, 0.5) is 5.69 Å². The average Bonchev–Trinajstić information content (AvgIpc) is 2.42. The largest absolute Gasteiger partial charge is 0.394 e. The molecule has 2 unspecified atom stereocenters. The molecule has 2 rings (SSSR count). The van der Waals surface area contributed by atoms with E-state index in [2.05, 4.69) is 21.2 Å². The van der Waals surface area contributed by atoms with E-state index in [1.54, 1.807) is 7.11 Å². The highest BCUT2D eigenvalue weighted by Gasteiger charge is 2.40. The van der Waals surface area contributed by atoms with Gasteiger partial charge in [0.1, 0.15) is 0 Å². The fraction of sp³-hybridized carbons (Fsp3) is 0.571. The zero-order valence-corrected chi connectivity index (χ0v) is 12.2. The number of hydrogen-bond acceptors (Lipinski definition) is 3. The van der Waals surface area contributed by atoms with E-state index >= 15 is 0 Å². The predicted molar refractivity (Wildman–Crippen MR) is 76.8 cm³/mol. The summed E-state index contributed by atoms with van der Waals surface area (Å²) >= 11 is 3.42. The average molecular weight is 314 g/mol. The fourth-order valence-corrected chi connectivity index (χ4v) is 3.00. The molecule has 0 bridgehead atoms. The van der Waals surface area contributed by atoms with Gasteiger partial charge in [-0.15, -0.1) is 0 Å². The van der Waals surface area contributed by atoms with Gasteiger partial charge in [-0.25, -0.2) is 0 Å². The predicted octanol–water partition coefficient (Wildman–Crippen LogP) is 3.18. The number of rotatable bonds is 4. The number of anilines is 1. The Labute approximate surface area is 117 Å². The van der Waals surface area contributed by atoms with Crippen molar-refractivity contribution in [2.24, 2.45) is 0 Å². The molecule has 1 aromatic rings. The maximum Gasteiger partial charge on any atom is 0.0865 e. The van der Waals surface area contributed by atoms with Crippen molar-refractivity contribution in [2.75, 3.05) is 19.0 Å². The summed E-state index contributed by atoms with van der Waals surface area (Å²) in [4.78, 5) is 0. The first kappa shape index (κ1) is 13.8. The van der Waals surface area contributed by atoms with Crippen LogP contribution in [0, 0.1) is 0 Å². The third-order valence-electron chi connectivity index (χ3n) is 3.76. The molecule has 0 aromatic heterocycles. The minimum Gasteiger partial charge on any atom is -0.394 e. The molecule has 0 radical (unpaired) electrons. The number of methoxy groups -OCH3 is 1. The van der Waals surface area contributed by atoms with Crippen LogP contribution < -0.4 is 5.32 Å². The first-order valence-electron chi connectivity index (χ1n) is 6.37. The Hall–Kier alpha value is -0.580. The monoisotopic (exact) mass is 313 g/mol. The molecule has 1 fully saturated rings. The SMILES string of the molecule is COC1CCCCC1(CO)Nc1ccc(Br)cc1. The van der Waals surface area contributed by atoms with Crippen LogP contribution >= 0.6 is 15.9 Å². The van der Waals surface area contributed by atoms with Crippen molar-refractivity contribution in [1.82, 2.24) is 0 Å². The lowest BCUT2D eigenvalue weighted by atomic mass is 9.79. The summed E-state index contributed by atoms with van der Waals surface area (Å²) in [5.41, 5.74) is 0.678. The molecular weight excluding hydrogens is 294 g/mol. The van der Waals surface area contributed by atoms with Gasteiger partial charge in [0.05, 0.1) is 18.2 Å². The van der Waals surface area contributed by atoms with Gasteiger partial charge in [-0.3, -0.25) is 0 Å². The van der Waals surface area contributed by atoms with Crippen LogP contribution in [0.25, 0.3) is 0 Å². The number of ether oxygens (including phenoxy) is 1. The highest BCUT2D eigenvalue weighted by Crippen LogP contribution is 2.33. The molecule has 18 heavy (non-hydrogen) atoms. The molecular formula is C14H20BrNO2. The van der Waals surface area contributed by atoms with Crippen LogP contribution in [0.15, 0.2) is 28.7 Å². The number of benzene rings is 1. The van der Waals surface area contributed by atoms with Crippen molar-refractivity contribution < 1.29 is 9.84 Å². The number of nitrogens with one attached hydrogen (secondary N) is 1. The molecule has 1 aliphatic carbocycles. The first-order chi connectivity index (χ1) is 8.70. The third-order valence-corrected chi connectivity index (χ3v) is 4.29. The van der Waals surface area contributed by atoms with Gasteiger partial charge in [0, 0.05) is 17.3 Å². The normalized spacial score (nSPS) is 28.1. The lowest BCUT2D eigenvalue weighted by Gasteiger charge is -2.43. The summed E-state index contributed by atoms with van der Waals surface area (Å²) in [5, 5.41) is 13.3. The Bertz CT molecular complexity index is 382. The summed E-state index contributed by atoms with van der Waals surface area (Å²) < 4.78 is 6.62. The van der Waals surface area contributed by atoms with Crippen LogP contribution in [0.2, 0.25) is 0 Å². The number of aliphatic hydroxyl groups is 1. The molecule has 1 saturated carbocycles. The lowest BCUT2D eigenvalue weighted by molar-refractivity contribution is -0.00855. The molecule has 0 spiro atoms. The molecule has 2 atom stereocenters. The van der Waals surface area contributed by atoms with E-state index in [0.29, 0.717) is 0 Å². The Morgan fingerprint density at radius 1 is 1.39 bits per heavy atom. The molecule has 0 heterocycles. The Morgan fingerprint density at radius 3 is 2.72 bits per heavy atom. The zero-order valence-electron chi connectivity index (χ0n) is 10.7. The minimum absolute atomic E-state index is 0.0693. The first-order valence-corrected chi connectivity index (χ1v) is 7.17. The summed E-state index contributed by atoms with van der Waals surface area (Å²) in [6.07, 6.45) is 4.31. The number of hydrogen-bond donors (Lipinski definition) is 2. The topological polar surface area (TPSA) is 41.5 Å². The van der Waals surface area contributed by atoms with E-state index in [9.17, 15) is 5.11 Å². The second-order valence-electron chi connectivity index (χ2n) is 4.92. The van der Waals surface area contributed by atoms with Crippen molar-refractivity contribution >= 4 is 21.6 Å². The van der Waals surface area contributed by atoms with Crippen LogP contribution in [0.3, 0.4) is 0 Å². The van der Waals surface area contributed by atoms with Crippen molar-refractivity contribution in [3.63, 3.8) is 0 Å². The molecule has 0 aliphatic heterocycles. The third kappa shape index (κ3) is 2.87. The maximum absolute atomic E-state index is 9.81. The summed E-state index contributed by atoms with van der Waals surface area (Å²) in [6, 6.07) is 8.03. The summed E-state index contributed by atoms with van der Waals surface area (Å²) in [7, 11) is 1.73. The number of aliphatic hydroxyl groups excluding tert-OH is 1. The van der Waals surface area contributed by atoms with E-state index in [1.165, 1.54) is 6.42 Å². The Kier molecular flexibility index (Phi) is 4.65. The van der Waals surface area contributed by atoms with E-state index < -0.39 is 0 Å².